The first-order valence-corrected chi connectivity index (χ1v) is 13.0. The lowest BCUT2D eigenvalue weighted by atomic mass is 10.2. The standard InChI is InChI=1S/C24H32N4O4S/c1-2-27-12-14-28(15-13-27)21-10-8-20(9-11-21)26-24(29)19-5-3-7-23(17-19)33(30,31)25-18-22-6-4-16-32-22/h3,5,7-11,17,22,25H,2,4,6,12-16,18H2,1H3,(H,26,29). The van der Waals surface area contributed by atoms with Gasteiger partial charge in [-0.05, 0) is 61.9 Å². The summed E-state index contributed by atoms with van der Waals surface area (Å²) in [6.45, 7) is 8.24. The Balaban J connectivity index is 1.36. The summed E-state index contributed by atoms with van der Waals surface area (Å²) in [5.74, 6) is -0.351. The summed E-state index contributed by atoms with van der Waals surface area (Å²) in [5.41, 5.74) is 2.09. The van der Waals surface area contributed by atoms with Crippen molar-refractivity contribution in [2.45, 2.75) is 30.8 Å². The Morgan fingerprint density at radius 3 is 2.52 bits per heavy atom. The van der Waals surface area contributed by atoms with Crippen LogP contribution in [0.5, 0.6) is 0 Å². The lowest BCUT2D eigenvalue weighted by molar-refractivity contribution is 0.102. The van der Waals surface area contributed by atoms with Gasteiger partial charge in [-0.3, -0.25) is 4.79 Å². The fourth-order valence-corrected chi connectivity index (χ4v) is 5.29. The molecule has 2 aromatic rings. The van der Waals surface area contributed by atoms with Gasteiger partial charge in [0.15, 0.2) is 0 Å². The number of amides is 1. The molecular weight excluding hydrogens is 440 g/mol. The van der Waals surface area contributed by atoms with Gasteiger partial charge in [-0.25, -0.2) is 13.1 Å². The van der Waals surface area contributed by atoms with E-state index in [1.54, 1.807) is 12.1 Å². The van der Waals surface area contributed by atoms with E-state index >= 15 is 0 Å². The number of hydrogen-bond acceptors (Lipinski definition) is 6. The summed E-state index contributed by atoms with van der Waals surface area (Å²) in [6.07, 6.45) is 1.70. The van der Waals surface area contributed by atoms with Gasteiger partial charge < -0.3 is 19.9 Å². The van der Waals surface area contributed by atoms with Crippen molar-refractivity contribution in [3.05, 3.63) is 54.1 Å². The number of carbonyl (C=O) groups excluding carboxylic acids is 1. The molecule has 8 nitrogen and oxygen atoms in total. The zero-order valence-electron chi connectivity index (χ0n) is 19.0. The molecule has 2 aliphatic heterocycles. The number of nitrogens with one attached hydrogen (secondary N) is 2. The molecule has 1 unspecified atom stereocenters. The molecule has 2 heterocycles. The van der Waals surface area contributed by atoms with E-state index < -0.39 is 10.0 Å². The minimum absolute atomic E-state index is 0.0646. The molecule has 0 spiro atoms. The van der Waals surface area contributed by atoms with Crippen LogP contribution in [0.25, 0.3) is 0 Å². The molecule has 1 amide bonds. The number of piperazine rings is 1. The SMILES string of the molecule is CCN1CCN(c2ccc(NC(=O)c3cccc(S(=O)(=O)NCC4CCCO4)c3)cc2)CC1. The Labute approximate surface area is 196 Å². The van der Waals surface area contributed by atoms with Crippen molar-refractivity contribution in [3.8, 4) is 0 Å². The smallest absolute Gasteiger partial charge is 0.255 e. The Morgan fingerprint density at radius 2 is 1.85 bits per heavy atom. The zero-order valence-corrected chi connectivity index (χ0v) is 19.8. The predicted molar refractivity (Wildman–Crippen MR) is 129 cm³/mol. The van der Waals surface area contributed by atoms with Gasteiger partial charge in [0, 0.05) is 56.3 Å². The van der Waals surface area contributed by atoms with Crippen LogP contribution < -0.4 is 14.9 Å². The molecule has 1 atom stereocenters. The highest BCUT2D eigenvalue weighted by Crippen LogP contribution is 2.21. The van der Waals surface area contributed by atoms with Crippen LogP contribution in [0.2, 0.25) is 0 Å². The van der Waals surface area contributed by atoms with Crippen LogP contribution in [-0.2, 0) is 14.8 Å². The maximum atomic E-state index is 12.8. The average Bonchev–Trinajstić information content (AvgIpc) is 3.37. The Bertz CT molecular complexity index is 1040. The van der Waals surface area contributed by atoms with Crippen LogP contribution in [0.15, 0.2) is 53.4 Å². The first-order chi connectivity index (χ1) is 15.9. The minimum Gasteiger partial charge on any atom is -0.377 e. The molecule has 0 bridgehead atoms. The highest BCUT2D eigenvalue weighted by molar-refractivity contribution is 7.89. The Hall–Kier alpha value is -2.46. The van der Waals surface area contributed by atoms with Crippen molar-refractivity contribution in [2.75, 3.05) is 56.1 Å². The van der Waals surface area contributed by atoms with Crippen LogP contribution in [0.1, 0.15) is 30.1 Å². The minimum atomic E-state index is -3.72. The second-order valence-electron chi connectivity index (χ2n) is 8.44. The van der Waals surface area contributed by atoms with E-state index in [1.807, 2.05) is 24.3 Å². The highest BCUT2D eigenvalue weighted by atomic mass is 32.2. The van der Waals surface area contributed by atoms with Crippen LogP contribution >= 0.6 is 0 Å². The first-order valence-electron chi connectivity index (χ1n) is 11.5. The summed E-state index contributed by atoms with van der Waals surface area (Å²) in [7, 11) is -3.72. The molecule has 4 rings (SSSR count). The van der Waals surface area contributed by atoms with Crippen molar-refractivity contribution in [1.82, 2.24) is 9.62 Å². The van der Waals surface area contributed by atoms with E-state index in [1.165, 1.54) is 12.1 Å². The van der Waals surface area contributed by atoms with Crippen molar-refractivity contribution in [1.29, 1.82) is 0 Å². The number of ether oxygens (including phenoxy) is 1. The summed E-state index contributed by atoms with van der Waals surface area (Å²) in [6, 6.07) is 13.8. The van der Waals surface area contributed by atoms with Crippen molar-refractivity contribution < 1.29 is 17.9 Å². The van der Waals surface area contributed by atoms with E-state index in [-0.39, 0.29) is 29.0 Å². The van der Waals surface area contributed by atoms with Crippen molar-refractivity contribution >= 4 is 27.3 Å². The maximum absolute atomic E-state index is 12.8. The van der Waals surface area contributed by atoms with E-state index in [0.29, 0.717) is 12.3 Å². The lowest BCUT2D eigenvalue weighted by Gasteiger charge is -2.35. The van der Waals surface area contributed by atoms with Crippen LogP contribution in [0.4, 0.5) is 11.4 Å². The molecule has 0 aromatic heterocycles. The molecule has 2 saturated heterocycles. The second-order valence-corrected chi connectivity index (χ2v) is 10.2. The highest BCUT2D eigenvalue weighted by Gasteiger charge is 2.21. The molecule has 2 N–H and O–H groups in total. The normalized spacial score (nSPS) is 19.5. The van der Waals surface area contributed by atoms with Gasteiger partial charge in [0.25, 0.3) is 5.91 Å². The third kappa shape index (κ3) is 6.11. The molecule has 9 heteroatoms. The quantitative estimate of drug-likeness (QED) is 0.614. The molecule has 178 valence electrons. The molecule has 2 fully saturated rings. The average molecular weight is 473 g/mol. The van der Waals surface area contributed by atoms with E-state index in [0.717, 1.165) is 51.3 Å². The summed E-state index contributed by atoms with van der Waals surface area (Å²) >= 11 is 0. The fourth-order valence-electron chi connectivity index (χ4n) is 4.18. The molecule has 0 radical (unpaired) electrons. The topological polar surface area (TPSA) is 91.0 Å². The molecule has 0 aliphatic carbocycles. The van der Waals surface area contributed by atoms with E-state index in [9.17, 15) is 13.2 Å². The molecule has 2 aliphatic rings. The van der Waals surface area contributed by atoms with E-state index in [2.05, 4.69) is 26.8 Å². The number of hydrogen-bond donors (Lipinski definition) is 2. The van der Waals surface area contributed by atoms with Gasteiger partial charge >= 0.3 is 0 Å². The molecule has 2 aromatic carbocycles. The Kier molecular flexibility index (Phi) is 7.64. The summed E-state index contributed by atoms with van der Waals surface area (Å²) < 4.78 is 33.3. The van der Waals surface area contributed by atoms with Gasteiger partial charge in [-0.2, -0.15) is 0 Å². The maximum Gasteiger partial charge on any atom is 0.255 e. The number of carbonyl (C=O) groups is 1. The van der Waals surface area contributed by atoms with Crippen LogP contribution in [0, 0.1) is 0 Å². The number of sulfonamides is 1. The van der Waals surface area contributed by atoms with Gasteiger partial charge in [0.1, 0.15) is 0 Å². The van der Waals surface area contributed by atoms with E-state index in [4.69, 9.17) is 4.74 Å². The number of benzene rings is 2. The third-order valence-corrected chi connectivity index (χ3v) is 7.66. The summed E-state index contributed by atoms with van der Waals surface area (Å²) in [4.78, 5) is 17.6. The number of rotatable bonds is 8. The van der Waals surface area contributed by atoms with Crippen molar-refractivity contribution in [2.24, 2.45) is 0 Å². The first kappa shape index (κ1) is 23.7. The van der Waals surface area contributed by atoms with Gasteiger partial charge in [0.2, 0.25) is 10.0 Å². The Morgan fingerprint density at radius 1 is 1.09 bits per heavy atom. The zero-order chi connectivity index (χ0) is 23.3. The van der Waals surface area contributed by atoms with Gasteiger partial charge in [-0.15, -0.1) is 0 Å². The third-order valence-electron chi connectivity index (χ3n) is 6.24. The number of anilines is 2. The molecular formula is C24H32N4O4S. The molecule has 33 heavy (non-hydrogen) atoms. The second kappa shape index (κ2) is 10.6. The number of nitrogens with zero attached hydrogens (tertiary/aromatic N) is 2. The van der Waals surface area contributed by atoms with Gasteiger partial charge in [-0.1, -0.05) is 13.0 Å². The summed E-state index contributed by atoms with van der Waals surface area (Å²) in [5, 5.41) is 2.86. The van der Waals surface area contributed by atoms with Gasteiger partial charge in [0.05, 0.1) is 11.0 Å². The largest absolute Gasteiger partial charge is 0.377 e. The monoisotopic (exact) mass is 472 g/mol. The number of likely N-dealkylation sites (N-methyl/N-ethyl adjacent to an activating group) is 1. The fraction of sp³-hybridized carbons (Fsp3) is 0.458. The molecule has 0 saturated carbocycles. The van der Waals surface area contributed by atoms with Crippen LogP contribution in [0.3, 0.4) is 0 Å². The lowest BCUT2D eigenvalue weighted by Crippen LogP contribution is -2.46. The predicted octanol–water partition coefficient (Wildman–Crippen LogP) is 2.54. The van der Waals surface area contributed by atoms with Crippen LogP contribution in [-0.4, -0.2) is 71.2 Å². The van der Waals surface area contributed by atoms with Crippen molar-refractivity contribution in [3.63, 3.8) is 0 Å².